The van der Waals surface area contributed by atoms with Gasteiger partial charge in [0.15, 0.2) is 0 Å². The summed E-state index contributed by atoms with van der Waals surface area (Å²) in [7, 11) is 0. The molecule has 3 aliphatic rings. The summed E-state index contributed by atoms with van der Waals surface area (Å²) in [5, 5.41) is 0. The summed E-state index contributed by atoms with van der Waals surface area (Å²) in [5.74, 6) is 0.627. The zero-order chi connectivity index (χ0) is 13.2. The van der Waals surface area contributed by atoms with Crippen LogP contribution in [0.3, 0.4) is 0 Å². The van der Waals surface area contributed by atoms with E-state index in [-0.39, 0.29) is 6.04 Å². The average Bonchev–Trinajstić information content (AvgIpc) is 2.56. The SMILES string of the molecule is CC(C)(C)OC(=O)NNC1C[C@@H]2CC[C@@H](C1)OC2. The van der Waals surface area contributed by atoms with Crippen LogP contribution in [-0.4, -0.2) is 30.4 Å². The largest absolute Gasteiger partial charge is 0.443 e. The Kier molecular flexibility index (Phi) is 4.12. The number of carbonyl (C=O) groups is 1. The summed E-state index contributed by atoms with van der Waals surface area (Å²) in [5.41, 5.74) is 5.26. The van der Waals surface area contributed by atoms with E-state index in [4.69, 9.17) is 9.47 Å². The Hall–Kier alpha value is -0.810. The second kappa shape index (κ2) is 5.45. The molecular formula is C13H24N2O3. The maximum atomic E-state index is 11.5. The van der Waals surface area contributed by atoms with Gasteiger partial charge in [-0.25, -0.2) is 10.2 Å². The van der Waals surface area contributed by atoms with Crippen molar-refractivity contribution in [1.29, 1.82) is 0 Å². The van der Waals surface area contributed by atoms with Gasteiger partial charge >= 0.3 is 6.09 Å². The Balaban J connectivity index is 1.75. The first-order valence-electron chi connectivity index (χ1n) is 6.78. The Morgan fingerprint density at radius 3 is 2.67 bits per heavy atom. The molecule has 2 saturated heterocycles. The van der Waals surface area contributed by atoms with Crippen molar-refractivity contribution >= 4 is 6.09 Å². The fourth-order valence-corrected chi connectivity index (χ4v) is 2.63. The molecule has 2 aliphatic heterocycles. The molecule has 0 aromatic carbocycles. The minimum Gasteiger partial charge on any atom is -0.443 e. The number of hydrogen-bond acceptors (Lipinski definition) is 4. The van der Waals surface area contributed by atoms with Gasteiger partial charge in [0.2, 0.25) is 0 Å². The molecule has 5 heteroatoms. The van der Waals surface area contributed by atoms with E-state index in [1.165, 1.54) is 6.42 Å². The van der Waals surface area contributed by atoms with Crippen LogP contribution in [0.2, 0.25) is 0 Å². The summed E-state index contributed by atoms with van der Waals surface area (Å²) >= 11 is 0. The predicted molar refractivity (Wildman–Crippen MR) is 68.0 cm³/mol. The fraction of sp³-hybridized carbons (Fsp3) is 0.923. The highest BCUT2D eigenvalue weighted by Crippen LogP contribution is 2.30. The number of rotatable bonds is 2. The van der Waals surface area contributed by atoms with Crippen LogP contribution in [0.4, 0.5) is 4.79 Å². The summed E-state index contributed by atoms with van der Waals surface area (Å²) < 4.78 is 10.9. The number of ether oxygens (including phenoxy) is 2. The Morgan fingerprint density at radius 2 is 2.06 bits per heavy atom. The quantitative estimate of drug-likeness (QED) is 0.742. The van der Waals surface area contributed by atoms with E-state index in [0.717, 1.165) is 25.9 Å². The first-order chi connectivity index (χ1) is 8.42. The molecule has 0 radical (unpaired) electrons. The molecule has 2 bridgehead atoms. The molecule has 18 heavy (non-hydrogen) atoms. The highest BCUT2D eigenvalue weighted by molar-refractivity contribution is 5.67. The second-order valence-electron chi connectivity index (χ2n) is 6.34. The fourth-order valence-electron chi connectivity index (χ4n) is 2.63. The van der Waals surface area contributed by atoms with Crippen LogP contribution in [-0.2, 0) is 9.47 Å². The number of fused-ring (bicyclic) bond motifs is 4. The normalized spacial score (nSPS) is 31.8. The first-order valence-corrected chi connectivity index (χ1v) is 6.78. The zero-order valence-corrected chi connectivity index (χ0v) is 11.5. The molecule has 5 nitrogen and oxygen atoms in total. The second-order valence-corrected chi connectivity index (χ2v) is 6.34. The number of nitrogens with one attached hydrogen (secondary N) is 2. The van der Waals surface area contributed by atoms with E-state index in [1.54, 1.807) is 0 Å². The minimum atomic E-state index is -0.461. The van der Waals surface area contributed by atoms with Gasteiger partial charge in [0.05, 0.1) is 6.10 Å². The van der Waals surface area contributed by atoms with Crippen LogP contribution in [0.1, 0.15) is 46.5 Å². The Morgan fingerprint density at radius 1 is 1.28 bits per heavy atom. The van der Waals surface area contributed by atoms with Gasteiger partial charge in [0, 0.05) is 12.6 Å². The summed E-state index contributed by atoms with van der Waals surface area (Å²) in [4.78, 5) is 11.5. The molecular weight excluding hydrogens is 232 g/mol. The number of hydrogen-bond donors (Lipinski definition) is 2. The van der Waals surface area contributed by atoms with Gasteiger partial charge in [-0.1, -0.05) is 0 Å². The first kappa shape index (κ1) is 13.6. The van der Waals surface area contributed by atoms with Crippen LogP contribution in [0, 0.1) is 5.92 Å². The smallest absolute Gasteiger partial charge is 0.422 e. The van der Waals surface area contributed by atoms with E-state index in [1.807, 2.05) is 20.8 Å². The van der Waals surface area contributed by atoms with E-state index in [9.17, 15) is 4.79 Å². The van der Waals surface area contributed by atoms with Crippen molar-refractivity contribution < 1.29 is 14.3 Å². The minimum absolute atomic E-state index is 0.289. The topological polar surface area (TPSA) is 59.6 Å². The van der Waals surface area contributed by atoms with E-state index >= 15 is 0 Å². The highest BCUT2D eigenvalue weighted by Gasteiger charge is 2.31. The molecule has 1 amide bonds. The van der Waals surface area contributed by atoms with Crippen molar-refractivity contribution in [2.75, 3.05) is 6.61 Å². The number of hydrazine groups is 1. The van der Waals surface area contributed by atoms with Crippen LogP contribution >= 0.6 is 0 Å². The molecule has 0 spiro atoms. The molecule has 104 valence electrons. The lowest BCUT2D eigenvalue weighted by Gasteiger charge is -2.23. The Bertz CT molecular complexity index is 279. The lowest BCUT2D eigenvalue weighted by Crippen LogP contribution is -2.47. The summed E-state index contributed by atoms with van der Waals surface area (Å²) in [6.45, 7) is 6.43. The highest BCUT2D eigenvalue weighted by atomic mass is 16.6. The van der Waals surface area contributed by atoms with Crippen molar-refractivity contribution in [3.05, 3.63) is 0 Å². The molecule has 0 aromatic heterocycles. The molecule has 1 saturated carbocycles. The standard InChI is InChI=1S/C13H24N2O3/c1-13(2,3)18-12(16)15-14-10-6-9-4-5-11(7-10)17-8-9/h9-11,14H,4-8H2,1-3H3,(H,15,16)/t9-,10?,11-/m0/s1. The third-order valence-corrected chi connectivity index (χ3v) is 3.41. The van der Waals surface area contributed by atoms with Gasteiger partial charge in [-0.05, 0) is 52.4 Å². The van der Waals surface area contributed by atoms with Gasteiger partial charge in [0.25, 0.3) is 0 Å². The molecule has 2 N–H and O–H groups in total. The van der Waals surface area contributed by atoms with Gasteiger partial charge < -0.3 is 9.47 Å². The monoisotopic (exact) mass is 256 g/mol. The van der Waals surface area contributed by atoms with Gasteiger partial charge in [-0.15, -0.1) is 0 Å². The van der Waals surface area contributed by atoms with Crippen molar-refractivity contribution in [3.63, 3.8) is 0 Å². The van der Waals surface area contributed by atoms with Crippen LogP contribution in [0.5, 0.6) is 0 Å². The molecule has 2 heterocycles. The number of carbonyl (C=O) groups excluding carboxylic acids is 1. The van der Waals surface area contributed by atoms with Crippen LogP contribution in [0.15, 0.2) is 0 Å². The third-order valence-electron chi connectivity index (χ3n) is 3.41. The molecule has 1 unspecified atom stereocenters. The zero-order valence-electron chi connectivity index (χ0n) is 11.5. The molecule has 1 aliphatic carbocycles. The lowest BCUT2D eigenvalue weighted by atomic mass is 9.99. The van der Waals surface area contributed by atoms with Gasteiger partial charge in [-0.3, -0.25) is 5.43 Å². The van der Waals surface area contributed by atoms with E-state index < -0.39 is 11.7 Å². The van der Waals surface area contributed by atoms with Gasteiger partial charge in [-0.2, -0.15) is 0 Å². The van der Waals surface area contributed by atoms with Crippen molar-refractivity contribution in [1.82, 2.24) is 10.9 Å². The van der Waals surface area contributed by atoms with Crippen molar-refractivity contribution in [3.8, 4) is 0 Å². The molecule has 3 fully saturated rings. The lowest BCUT2D eigenvalue weighted by molar-refractivity contribution is -0.00222. The van der Waals surface area contributed by atoms with Crippen LogP contribution in [0.25, 0.3) is 0 Å². The summed E-state index contributed by atoms with van der Waals surface area (Å²) in [6.07, 6.45) is 4.35. The number of amides is 1. The average molecular weight is 256 g/mol. The van der Waals surface area contributed by atoms with Crippen LogP contribution < -0.4 is 10.9 Å². The summed E-state index contributed by atoms with van der Waals surface area (Å²) in [6, 6.07) is 0.289. The van der Waals surface area contributed by atoms with E-state index in [2.05, 4.69) is 10.9 Å². The molecule has 0 aromatic rings. The van der Waals surface area contributed by atoms with Crippen molar-refractivity contribution in [2.24, 2.45) is 5.92 Å². The van der Waals surface area contributed by atoms with Gasteiger partial charge in [0.1, 0.15) is 5.60 Å². The van der Waals surface area contributed by atoms with E-state index in [0.29, 0.717) is 12.0 Å². The Labute approximate surface area is 109 Å². The van der Waals surface area contributed by atoms with Crippen molar-refractivity contribution in [2.45, 2.75) is 64.2 Å². The molecule has 3 atom stereocenters. The third kappa shape index (κ3) is 4.14. The maximum absolute atomic E-state index is 11.5. The maximum Gasteiger partial charge on any atom is 0.422 e. The predicted octanol–water partition coefficient (Wildman–Crippen LogP) is 1.97. The molecule has 3 rings (SSSR count).